The predicted molar refractivity (Wildman–Crippen MR) is 502 cm³/mol. The van der Waals surface area contributed by atoms with Crippen LogP contribution in [0.4, 0.5) is 0 Å². The first kappa shape index (κ1) is 92.8. The molecule has 0 amide bonds. The summed E-state index contributed by atoms with van der Waals surface area (Å²) in [6, 6.07) is 57.2. The molecule has 16 N–H and O–H groups in total. The molecule has 0 saturated heterocycles. The molecule has 0 fully saturated rings. The van der Waals surface area contributed by atoms with Crippen LogP contribution in [0.5, 0.6) is 46.0 Å². The molecule has 16 aromatic rings. The number of aromatic carboxylic acids is 8. The average Bonchev–Trinajstić information content (AvgIpc) is 0.744. The van der Waals surface area contributed by atoms with E-state index in [1.165, 1.54) is 60.7 Å². The number of benzene rings is 16. The van der Waals surface area contributed by atoms with Gasteiger partial charge in [0.2, 0.25) is 0 Å². The molecule has 0 heterocycles. The molecule has 0 aliphatic heterocycles. The molecule has 0 aliphatic rings. The van der Waals surface area contributed by atoms with Gasteiger partial charge in [-0.25, -0.2) is 38.4 Å². The largest absolute Gasteiger partial charge is 0.507 e. The van der Waals surface area contributed by atoms with Gasteiger partial charge in [-0.05, 0) is 202 Å². The first-order valence-electron chi connectivity index (χ1n) is 36.6. The highest BCUT2D eigenvalue weighted by atomic mass is 127. The molecule has 0 bridgehead atoms. The number of carboxylic acid groups (broad SMARTS) is 8. The molecular weight excluding hydrogens is 1920 g/mol. The van der Waals surface area contributed by atoms with Crippen LogP contribution in [0, 0.1) is 55.4 Å². The summed E-state index contributed by atoms with van der Waals surface area (Å²) in [5.74, 6) is -13.8. The fraction of sp³-hybridized carbons (Fsp3) is 0.0833. The van der Waals surface area contributed by atoms with Gasteiger partial charge in [-0.1, -0.05) is 190 Å². The lowest BCUT2D eigenvalue weighted by molar-refractivity contribution is 0.0682. The number of aromatic hydroxyl groups is 8. The Balaban J connectivity index is 0.000000178. The van der Waals surface area contributed by atoms with Gasteiger partial charge in [0.25, 0.3) is 0 Å². The fourth-order valence-corrected chi connectivity index (χ4v) is 14.7. The van der Waals surface area contributed by atoms with E-state index in [9.17, 15) is 110 Å². The van der Waals surface area contributed by atoms with Crippen molar-refractivity contribution in [2.75, 3.05) is 0 Å². The van der Waals surface area contributed by atoms with E-state index < -0.39 is 82.3 Å². The molecule has 0 aliphatic carbocycles. The van der Waals surface area contributed by atoms with Crippen molar-refractivity contribution in [2.45, 2.75) is 55.4 Å². The van der Waals surface area contributed by atoms with E-state index in [-0.39, 0.29) is 161 Å². The number of aryl methyl sites for hydroxylation is 8. The van der Waals surface area contributed by atoms with Gasteiger partial charge in [0.05, 0.1) is 0 Å². The molecule has 27 heteroatoms. The van der Waals surface area contributed by atoms with E-state index in [2.05, 4.69) is 0 Å². The molecule has 24 nitrogen and oxygen atoms in total. The Bertz CT molecular complexity index is 6220. The minimum Gasteiger partial charge on any atom is -0.507 e. The van der Waals surface area contributed by atoms with Crippen LogP contribution in [0.2, 0.25) is 0 Å². The zero-order chi connectivity index (χ0) is 87.2. The van der Waals surface area contributed by atoms with Crippen molar-refractivity contribution in [1.82, 2.24) is 0 Å². The quantitative estimate of drug-likeness (QED) is 0.0535. The van der Waals surface area contributed by atoms with Gasteiger partial charge < -0.3 is 81.7 Å². The molecule has 16 rings (SSSR count). The van der Waals surface area contributed by atoms with Crippen molar-refractivity contribution in [3.63, 3.8) is 0 Å². The Hall–Kier alpha value is -14.1. The van der Waals surface area contributed by atoms with E-state index in [0.29, 0.717) is 64.6 Å². The van der Waals surface area contributed by atoms with Crippen LogP contribution in [-0.2, 0) is 0 Å². The molecule has 626 valence electrons. The summed E-state index contributed by atoms with van der Waals surface area (Å²) >= 11 is 0. The molecule has 0 radical (unpaired) electrons. The van der Waals surface area contributed by atoms with E-state index in [1.54, 1.807) is 109 Å². The van der Waals surface area contributed by atoms with Crippen LogP contribution in [0.1, 0.15) is 127 Å². The number of carboxylic acids is 8. The van der Waals surface area contributed by atoms with Crippen LogP contribution >= 0.6 is 71.9 Å². The van der Waals surface area contributed by atoms with Gasteiger partial charge in [-0.15, -0.1) is 71.9 Å². The highest BCUT2D eigenvalue weighted by Gasteiger charge is 2.31. The third kappa shape index (κ3) is 18.8. The number of fused-ring (bicyclic) bond motifs is 8. The summed E-state index contributed by atoms with van der Waals surface area (Å²) in [5.41, 5.74) is 5.84. The monoisotopic (exact) mass is 1990 g/mol. The highest BCUT2D eigenvalue weighted by molar-refractivity contribution is 14.0. The number of carbonyl (C=O) groups is 8. The van der Waals surface area contributed by atoms with Crippen LogP contribution in [-0.4, -0.2) is 129 Å². The number of halogens is 3. The molecule has 0 saturated carbocycles. The summed E-state index contributed by atoms with van der Waals surface area (Å²) in [5, 5.41) is 169. The number of hydrogen-bond acceptors (Lipinski definition) is 16. The second-order valence-electron chi connectivity index (χ2n) is 29.1. The third-order valence-electron chi connectivity index (χ3n) is 20.4. The van der Waals surface area contributed by atoms with Crippen molar-refractivity contribution in [3.8, 4) is 79.4 Å². The third-order valence-corrected chi connectivity index (χ3v) is 20.4. The maximum Gasteiger partial charge on any atom is 0.339 e. The minimum atomic E-state index is -1.33. The molecular formula is C96H77I3O24. The second-order valence-corrected chi connectivity index (χ2v) is 29.1. The smallest absolute Gasteiger partial charge is 0.339 e. The van der Waals surface area contributed by atoms with Crippen LogP contribution in [0.25, 0.3) is 120 Å². The first-order valence-corrected chi connectivity index (χ1v) is 36.6. The molecule has 123 heavy (non-hydrogen) atoms. The number of hydrogen-bond donors (Lipinski definition) is 16. The Morgan fingerprint density at radius 1 is 0.171 bits per heavy atom. The van der Waals surface area contributed by atoms with Crippen molar-refractivity contribution < 1.29 is 120 Å². The van der Waals surface area contributed by atoms with Crippen LogP contribution in [0.3, 0.4) is 0 Å². The Kier molecular flexibility index (Phi) is 28.1. The summed E-state index contributed by atoms with van der Waals surface area (Å²) in [7, 11) is 0. The summed E-state index contributed by atoms with van der Waals surface area (Å²) in [6.45, 7) is 15.0. The molecule has 0 aromatic heterocycles. The fourth-order valence-electron chi connectivity index (χ4n) is 14.7. The maximum atomic E-state index is 11.8. The molecule has 16 aromatic carbocycles. The van der Waals surface area contributed by atoms with Crippen molar-refractivity contribution in [1.29, 1.82) is 0 Å². The van der Waals surface area contributed by atoms with E-state index in [1.807, 2.05) is 91.8 Å². The summed E-state index contributed by atoms with van der Waals surface area (Å²) in [6.07, 6.45) is 0. The zero-order valence-electron chi connectivity index (χ0n) is 66.3. The van der Waals surface area contributed by atoms with Gasteiger partial charge in [-0.2, -0.15) is 0 Å². The zero-order valence-corrected chi connectivity index (χ0v) is 73.3. The first-order chi connectivity index (χ1) is 56.7. The topological polar surface area (TPSA) is 460 Å². The van der Waals surface area contributed by atoms with Crippen LogP contribution in [0.15, 0.2) is 206 Å². The highest BCUT2D eigenvalue weighted by Crippen LogP contribution is 2.52. The lowest BCUT2D eigenvalue weighted by atomic mass is 9.88. The molecule has 0 atom stereocenters. The molecule has 0 spiro atoms. The Morgan fingerprint density at radius 2 is 0.309 bits per heavy atom. The van der Waals surface area contributed by atoms with E-state index in [4.69, 9.17) is 10.2 Å². The SMILES string of the molecule is Cc1ccc2c(-c3c(O)c(C(=O)O)cc4cc(C)ccc34)c(O)c(C(=O)O)cc2c1.Cc1ccc2c(-c3c(O)c(C(=O)O)cc4cc(C)ccc34)c(O)c(C(=O)O)cc2c1.Cc1ccc2c(-c3c(O)c(C(=O)O)cc4cc(C)ccc34)c(O)c(C(=O)O)cc2c1.Cc1ccc2cc(O)c(C(=O)O)cc2c1.Cc1ccc2cc(O)c(C(=O)O)cc2c1.I.I.I. The van der Waals surface area contributed by atoms with E-state index >= 15 is 0 Å². The Morgan fingerprint density at radius 3 is 0.463 bits per heavy atom. The average molecular weight is 2000 g/mol. The number of rotatable bonds is 11. The second kappa shape index (κ2) is 37.3. The van der Waals surface area contributed by atoms with Crippen LogP contribution < -0.4 is 0 Å². The van der Waals surface area contributed by atoms with Gasteiger partial charge in [0.1, 0.15) is 90.5 Å². The van der Waals surface area contributed by atoms with Gasteiger partial charge in [0.15, 0.2) is 0 Å². The predicted octanol–water partition coefficient (Wildman–Crippen LogP) is 22.2. The van der Waals surface area contributed by atoms with Crippen molar-refractivity contribution >= 4 is 206 Å². The maximum absolute atomic E-state index is 11.8. The van der Waals surface area contributed by atoms with Crippen molar-refractivity contribution in [2.24, 2.45) is 0 Å². The van der Waals surface area contributed by atoms with Crippen molar-refractivity contribution in [3.05, 3.63) is 295 Å². The molecule has 0 unspecified atom stereocenters. The Labute approximate surface area is 750 Å². The van der Waals surface area contributed by atoms with E-state index in [0.717, 1.165) is 66.1 Å². The van der Waals surface area contributed by atoms with Gasteiger partial charge in [-0.3, -0.25) is 0 Å². The van der Waals surface area contributed by atoms with Gasteiger partial charge in [0, 0.05) is 33.4 Å². The lowest BCUT2D eigenvalue weighted by Crippen LogP contribution is -2.02. The summed E-state index contributed by atoms with van der Waals surface area (Å²) in [4.78, 5) is 92.3. The minimum absolute atomic E-state index is 0. The number of phenols is 8. The standard InChI is InChI=1S/3C24H18O6.2C12H10O3.3HI/c3*1-11-3-5-15-13(7-11)9-17(23(27)28)21(25)19(15)20-16-6-4-12(2)8-14(16)10-18(22(20)26)24(29)30;2*1-7-2-3-8-6-11(13)10(12(14)15)5-9(8)4-7;;;/h3*3-10,25-26H,1-2H3,(H,27,28)(H,29,30);2*2-6,13H,1H3,(H,14,15);3*1H. The van der Waals surface area contributed by atoms with Gasteiger partial charge >= 0.3 is 47.8 Å². The normalized spacial score (nSPS) is 10.7. The lowest BCUT2D eigenvalue weighted by Gasteiger charge is -2.17. The summed E-state index contributed by atoms with van der Waals surface area (Å²) < 4.78 is 0.